The van der Waals surface area contributed by atoms with Gasteiger partial charge in [-0.05, 0) is 31.5 Å². The first-order valence-electron chi connectivity index (χ1n) is 10.9. The highest BCUT2D eigenvalue weighted by Crippen LogP contribution is 2.37. The fourth-order valence-electron chi connectivity index (χ4n) is 3.85. The minimum absolute atomic E-state index is 0.260. The molecule has 0 bridgehead atoms. The Morgan fingerprint density at radius 1 is 1.15 bits per heavy atom. The molecule has 0 atom stereocenters. The summed E-state index contributed by atoms with van der Waals surface area (Å²) in [6.45, 7) is 7.19. The number of anilines is 1. The van der Waals surface area contributed by atoms with Crippen molar-refractivity contribution in [3.63, 3.8) is 0 Å². The van der Waals surface area contributed by atoms with Gasteiger partial charge in [0.15, 0.2) is 0 Å². The highest BCUT2D eigenvalue weighted by Gasteiger charge is 2.26. The second-order valence-electron chi connectivity index (χ2n) is 7.75. The molecule has 0 unspecified atom stereocenters. The molecule has 0 spiro atoms. The third kappa shape index (κ3) is 5.45. The molecule has 10 heteroatoms. The van der Waals surface area contributed by atoms with Crippen molar-refractivity contribution in [1.29, 1.82) is 0 Å². The zero-order valence-electron chi connectivity index (χ0n) is 18.7. The Morgan fingerprint density at radius 3 is 2.55 bits per heavy atom. The maximum Gasteiger partial charge on any atom is 0.348 e. The van der Waals surface area contributed by atoms with Crippen LogP contribution in [0.2, 0.25) is 0 Å². The maximum absolute atomic E-state index is 12.5. The largest absolute Gasteiger partial charge is 0.462 e. The lowest BCUT2D eigenvalue weighted by atomic mass is 10.1. The number of aromatic nitrogens is 2. The second kappa shape index (κ2) is 10.5. The van der Waals surface area contributed by atoms with Gasteiger partial charge < -0.3 is 15.4 Å². The Bertz CT molecular complexity index is 1140. The minimum Gasteiger partial charge on any atom is -0.462 e. The first-order valence-corrected chi connectivity index (χ1v) is 12.7. The van der Waals surface area contributed by atoms with Gasteiger partial charge in [-0.3, -0.25) is 9.69 Å². The molecule has 1 saturated heterocycles. The van der Waals surface area contributed by atoms with Crippen LogP contribution in [-0.2, 0) is 15.3 Å². The van der Waals surface area contributed by atoms with Crippen molar-refractivity contribution in [3.05, 3.63) is 46.6 Å². The van der Waals surface area contributed by atoms with Crippen molar-refractivity contribution < 1.29 is 14.3 Å². The van der Waals surface area contributed by atoms with E-state index in [0.717, 1.165) is 45.4 Å². The number of primary amides is 1. The average molecular weight is 486 g/mol. The third-order valence-electron chi connectivity index (χ3n) is 5.44. The van der Waals surface area contributed by atoms with Crippen molar-refractivity contribution in [2.24, 2.45) is 5.73 Å². The summed E-state index contributed by atoms with van der Waals surface area (Å²) in [6.07, 6.45) is 0. The Hall–Kier alpha value is -2.69. The molecule has 0 saturated carbocycles. The van der Waals surface area contributed by atoms with E-state index in [1.54, 1.807) is 18.7 Å². The first kappa shape index (κ1) is 23.5. The number of benzene rings is 1. The second-order valence-corrected chi connectivity index (χ2v) is 9.80. The molecule has 0 radical (unpaired) electrons. The van der Waals surface area contributed by atoms with E-state index in [2.05, 4.69) is 17.0 Å². The molecule has 2 aromatic heterocycles. The molecule has 8 nitrogen and oxygen atoms in total. The van der Waals surface area contributed by atoms with Gasteiger partial charge in [0, 0.05) is 31.1 Å². The highest BCUT2D eigenvalue weighted by atomic mass is 32.2. The Labute approximate surface area is 201 Å². The molecule has 174 valence electrons. The summed E-state index contributed by atoms with van der Waals surface area (Å²) in [6, 6.07) is 10.1. The molecule has 2 N–H and O–H groups in total. The van der Waals surface area contributed by atoms with Crippen LogP contribution in [0.15, 0.2) is 35.2 Å². The number of nitrogens with zero attached hydrogens (tertiary/aromatic N) is 4. The molecule has 33 heavy (non-hydrogen) atoms. The van der Waals surface area contributed by atoms with Gasteiger partial charge in [-0.25, -0.2) is 14.8 Å². The fraction of sp³-hybridized carbons (Fsp3) is 0.391. The van der Waals surface area contributed by atoms with Crippen LogP contribution in [-0.4, -0.2) is 66.1 Å². The van der Waals surface area contributed by atoms with Crippen LogP contribution < -0.4 is 10.6 Å². The SMILES string of the molecule is CCOC(=O)c1sc2nc(CSc3ccccc3)nc(N3CCN(CC(N)=O)CC3)c2c1C. The number of aryl methyl sites for hydroxylation is 1. The zero-order valence-corrected chi connectivity index (χ0v) is 20.4. The topological polar surface area (TPSA) is 102 Å². The van der Waals surface area contributed by atoms with Gasteiger partial charge in [-0.1, -0.05) is 18.2 Å². The van der Waals surface area contributed by atoms with E-state index in [1.165, 1.54) is 11.3 Å². The minimum atomic E-state index is -0.324. The number of nitrogens with two attached hydrogens (primary N) is 1. The predicted octanol–water partition coefficient (Wildman–Crippen LogP) is 3.08. The predicted molar refractivity (Wildman–Crippen MR) is 132 cm³/mol. The number of thioether (sulfide) groups is 1. The standard InChI is InChI=1S/C23H27N5O3S2/c1-3-31-23(30)20-15(2)19-21(28-11-9-27(10-12-28)13-17(24)29)25-18(26-22(19)33-20)14-32-16-7-5-4-6-8-16/h4-8H,3,9-14H2,1-2H3,(H2,24,29). The van der Waals surface area contributed by atoms with Gasteiger partial charge in [0.1, 0.15) is 21.3 Å². The summed E-state index contributed by atoms with van der Waals surface area (Å²) >= 11 is 3.04. The van der Waals surface area contributed by atoms with Crippen LogP contribution in [0.4, 0.5) is 5.82 Å². The molecule has 1 amide bonds. The van der Waals surface area contributed by atoms with Crippen LogP contribution in [0.3, 0.4) is 0 Å². The average Bonchev–Trinajstić information content (AvgIpc) is 3.15. The van der Waals surface area contributed by atoms with Crippen LogP contribution in [0.1, 0.15) is 28.0 Å². The molecular formula is C23H27N5O3S2. The van der Waals surface area contributed by atoms with E-state index >= 15 is 0 Å². The number of hydrogen-bond acceptors (Lipinski definition) is 9. The van der Waals surface area contributed by atoms with E-state index in [-0.39, 0.29) is 18.4 Å². The number of thiophene rings is 1. The molecule has 1 aliphatic rings. The van der Waals surface area contributed by atoms with E-state index in [9.17, 15) is 9.59 Å². The fourth-order valence-corrected chi connectivity index (χ4v) is 5.71. The summed E-state index contributed by atoms with van der Waals surface area (Å²) < 4.78 is 5.27. The summed E-state index contributed by atoms with van der Waals surface area (Å²) in [4.78, 5) is 40.4. The first-order chi connectivity index (χ1) is 16.0. The molecule has 4 rings (SSSR count). The van der Waals surface area contributed by atoms with Crippen molar-refractivity contribution in [2.75, 3.05) is 44.2 Å². The van der Waals surface area contributed by atoms with Gasteiger partial charge in [-0.15, -0.1) is 23.1 Å². The highest BCUT2D eigenvalue weighted by molar-refractivity contribution is 7.98. The number of piperazine rings is 1. The van der Waals surface area contributed by atoms with E-state index in [4.69, 9.17) is 20.4 Å². The maximum atomic E-state index is 12.5. The summed E-state index contributed by atoms with van der Waals surface area (Å²) in [5.74, 6) is 1.55. The number of carbonyl (C=O) groups excluding carboxylic acids is 2. The van der Waals surface area contributed by atoms with Crippen LogP contribution in [0.25, 0.3) is 10.2 Å². The Balaban J connectivity index is 1.67. The number of esters is 1. The number of amides is 1. The van der Waals surface area contributed by atoms with E-state index in [1.807, 2.05) is 30.0 Å². The number of carbonyl (C=O) groups is 2. The summed E-state index contributed by atoms with van der Waals surface area (Å²) in [7, 11) is 0. The Kier molecular flexibility index (Phi) is 7.46. The molecule has 1 fully saturated rings. The molecule has 1 aromatic carbocycles. The van der Waals surface area contributed by atoms with Crippen molar-refractivity contribution >= 4 is 51.0 Å². The zero-order chi connectivity index (χ0) is 23.4. The van der Waals surface area contributed by atoms with E-state index in [0.29, 0.717) is 30.3 Å². The molecule has 3 aromatic rings. The van der Waals surface area contributed by atoms with Crippen molar-refractivity contribution in [1.82, 2.24) is 14.9 Å². The third-order valence-corrected chi connectivity index (χ3v) is 7.61. The van der Waals surface area contributed by atoms with Gasteiger partial charge in [-0.2, -0.15) is 0 Å². The van der Waals surface area contributed by atoms with Crippen molar-refractivity contribution in [3.8, 4) is 0 Å². The number of fused-ring (bicyclic) bond motifs is 1. The Morgan fingerprint density at radius 2 is 1.88 bits per heavy atom. The number of rotatable bonds is 8. The summed E-state index contributed by atoms with van der Waals surface area (Å²) in [5, 5.41) is 0.903. The lowest BCUT2D eigenvalue weighted by Crippen LogP contribution is -2.49. The van der Waals surface area contributed by atoms with Gasteiger partial charge in [0.25, 0.3) is 0 Å². The molecule has 0 aliphatic carbocycles. The molecule has 1 aliphatic heterocycles. The monoisotopic (exact) mass is 485 g/mol. The van der Waals surface area contributed by atoms with Gasteiger partial charge in [0.05, 0.1) is 24.3 Å². The smallest absolute Gasteiger partial charge is 0.348 e. The van der Waals surface area contributed by atoms with Gasteiger partial charge in [0.2, 0.25) is 5.91 Å². The number of hydrogen-bond donors (Lipinski definition) is 1. The quantitative estimate of drug-likeness (QED) is 0.384. The van der Waals surface area contributed by atoms with Gasteiger partial charge >= 0.3 is 5.97 Å². The van der Waals surface area contributed by atoms with Crippen LogP contribution in [0.5, 0.6) is 0 Å². The summed E-state index contributed by atoms with van der Waals surface area (Å²) in [5.41, 5.74) is 6.21. The van der Waals surface area contributed by atoms with Crippen molar-refractivity contribution in [2.45, 2.75) is 24.5 Å². The number of ether oxygens (including phenoxy) is 1. The van der Waals surface area contributed by atoms with Crippen LogP contribution in [0, 0.1) is 6.92 Å². The lowest BCUT2D eigenvalue weighted by molar-refractivity contribution is -0.119. The molecular weight excluding hydrogens is 458 g/mol. The van der Waals surface area contributed by atoms with E-state index < -0.39 is 0 Å². The van der Waals surface area contributed by atoms with Crippen LogP contribution >= 0.6 is 23.1 Å². The molecule has 3 heterocycles. The normalized spacial score (nSPS) is 14.5. The lowest BCUT2D eigenvalue weighted by Gasteiger charge is -2.35.